The fourth-order valence-electron chi connectivity index (χ4n) is 2.93. The van der Waals surface area contributed by atoms with Crippen molar-refractivity contribution < 1.29 is 13.2 Å². The molecular weight excluding hydrogens is 228 g/mol. The second kappa shape index (κ2) is 4.00. The molecule has 2 heterocycles. The molecule has 2 atom stereocenters. The number of carbonyl (C=O) groups is 1. The molecule has 5 nitrogen and oxygen atoms in total. The third kappa shape index (κ3) is 2.38. The molecular formula is C10H18N2O3S. The van der Waals surface area contributed by atoms with Crippen LogP contribution < -0.4 is 5.73 Å². The van der Waals surface area contributed by atoms with E-state index >= 15 is 0 Å². The summed E-state index contributed by atoms with van der Waals surface area (Å²) in [4.78, 5) is 13.7. The van der Waals surface area contributed by atoms with Crippen LogP contribution in [0, 0.1) is 0 Å². The van der Waals surface area contributed by atoms with Gasteiger partial charge in [0.1, 0.15) is 5.75 Å². The molecule has 0 aromatic rings. The summed E-state index contributed by atoms with van der Waals surface area (Å²) < 4.78 is 22.2. The van der Waals surface area contributed by atoms with Crippen molar-refractivity contribution in [3.8, 4) is 0 Å². The summed E-state index contributed by atoms with van der Waals surface area (Å²) in [7, 11) is -3.23. The predicted molar refractivity (Wildman–Crippen MR) is 60.6 cm³/mol. The van der Waals surface area contributed by atoms with Gasteiger partial charge in [0, 0.05) is 24.4 Å². The van der Waals surface area contributed by atoms with Gasteiger partial charge in [0.05, 0.1) is 0 Å². The highest BCUT2D eigenvalue weighted by Crippen LogP contribution is 2.35. The lowest BCUT2D eigenvalue weighted by Crippen LogP contribution is -2.51. The van der Waals surface area contributed by atoms with Gasteiger partial charge in [-0.05, 0) is 25.7 Å². The number of carbonyl (C=O) groups excluding carboxylic acids is 1. The fourth-order valence-corrected chi connectivity index (χ4v) is 3.52. The van der Waals surface area contributed by atoms with Gasteiger partial charge < -0.3 is 10.6 Å². The number of hydrogen-bond acceptors (Lipinski definition) is 4. The fraction of sp³-hybridized carbons (Fsp3) is 0.900. The van der Waals surface area contributed by atoms with Gasteiger partial charge in [0.15, 0.2) is 9.84 Å². The molecule has 2 bridgehead atoms. The van der Waals surface area contributed by atoms with Crippen LogP contribution in [0.4, 0.5) is 0 Å². The summed E-state index contributed by atoms with van der Waals surface area (Å²) in [6.45, 7) is 0. The number of hydrogen-bond donors (Lipinski definition) is 1. The van der Waals surface area contributed by atoms with Crippen LogP contribution in [0.3, 0.4) is 0 Å². The molecule has 6 heteroatoms. The van der Waals surface area contributed by atoms with Gasteiger partial charge in [0.25, 0.3) is 0 Å². The summed E-state index contributed by atoms with van der Waals surface area (Å²) in [6, 6.07) is 0.505. The van der Waals surface area contributed by atoms with E-state index in [1.54, 1.807) is 4.90 Å². The van der Waals surface area contributed by atoms with Crippen molar-refractivity contribution in [1.82, 2.24) is 4.90 Å². The summed E-state index contributed by atoms with van der Waals surface area (Å²) in [6.07, 6.45) is 4.65. The van der Waals surface area contributed by atoms with Gasteiger partial charge in [-0.1, -0.05) is 0 Å². The quantitative estimate of drug-likeness (QED) is 0.713. The van der Waals surface area contributed by atoms with Gasteiger partial charge in [-0.15, -0.1) is 0 Å². The van der Waals surface area contributed by atoms with Gasteiger partial charge >= 0.3 is 0 Å². The van der Waals surface area contributed by atoms with Gasteiger partial charge in [-0.2, -0.15) is 0 Å². The minimum Gasteiger partial charge on any atom is -0.336 e. The Morgan fingerprint density at radius 3 is 2.25 bits per heavy atom. The average Bonchev–Trinajstić information content (AvgIpc) is 2.36. The minimum absolute atomic E-state index is 0.166. The Morgan fingerprint density at radius 2 is 1.81 bits per heavy atom. The highest BCUT2D eigenvalue weighted by molar-refractivity contribution is 7.91. The summed E-state index contributed by atoms with van der Waals surface area (Å²) in [5.41, 5.74) is 5.89. The van der Waals surface area contributed by atoms with Gasteiger partial charge in [-0.3, -0.25) is 4.79 Å². The van der Waals surface area contributed by atoms with Crippen LogP contribution in [0.5, 0.6) is 0 Å². The molecule has 2 N–H and O–H groups in total. The average molecular weight is 246 g/mol. The topological polar surface area (TPSA) is 80.5 Å². The molecule has 0 aromatic heterocycles. The highest BCUT2D eigenvalue weighted by atomic mass is 32.2. The Kier molecular flexibility index (Phi) is 2.96. The Hall–Kier alpha value is -0.620. The largest absolute Gasteiger partial charge is 0.336 e. The first kappa shape index (κ1) is 11.9. The minimum atomic E-state index is -3.23. The maximum atomic E-state index is 11.9. The van der Waals surface area contributed by atoms with E-state index < -0.39 is 9.84 Å². The molecule has 2 unspecified atom stereocenters. The molecule has 2 fully saturated rings. The molecule has 0 spiro atoms. The third-order valence-corrected chi connectivity index (χ3v) is 4.21. The van der Waals surface area contributed by atoms with Crippen molar-refractivity contribution in [3.63, 3.8) is 0 Å². The van der Waals surface area contributed by atoms with E-state index in [0.29, 0.717) is 0 Å². The Balaban J connectivity index is 2.09. The monoisotopic (exact) mass is 246 g/mol. The van der Waals surface area contributed by atoms with E-state index in [2.05, 4.69) is 0 Å². The highest BCUT2D eigenvalue weighted by Gasteiger charge is 2.42. The van der Waals surface area contributed by atoms with E-state index in [1.807, 2.05) is 0 Å². The number of rotatable bonds is 2. The number of sulfone groups is 1. The van der Waals surface area contributed by atoms with Crippen LogP contribution in [0.1, 0.15) is 25.7 Å². The van der Waals surface area contributed by atoms with Crippen LogP contribution in [-0.4, -0.2) is 49.4 Å². The summed E-state index contributed by atoms with van der Waals surface area (Å²) in [5.74, 6) is -0.614. The smallest absolute Gasteiger partial charge is 0.238 e. The SMILES string of the molecule is CS(=O)(=O)CC(=O)N1C2CCC1CC(N)C2. The zero-order valence-electron chi connectivity index (χ0n) is 9.43. The van der Waals surface area contributed by atoms with Crippen molar-refractivity contribution in [3.05, 3.63) is 0 Å². The maximum absolute atomic E-state index is 11.9. The first-order chi connectivity index (χ1) is 7.37. The Labute approximate surface area is 95.9 Å². The van der Waals surface area contributed by atoms with Crippen LogP contribution in [0.2, 0.25) is 0 Å². The lowest BCUT2D eigenvalue weighted by molar-refractivity contribution is -0.132. The standard InChI is InChI=1S/C10H18N2O3S/c1-16(14,15)6-10(13)12-8-2-3-9(12)5-7(11)4-8/h7-9H,2-6,11H2,1H3. The van der Waals surface area contributed by atoms with Crippen molar-refractivity contribution >= 4 is 15.7 Å². The molecule has 0 saturated carbocycles. The normalized spacial score (nSPS) is 34.1. The molecule has 2 saturated heterocycles. The van der Waals surface area contributed by atoms with E-state index in [-0.39, 0.29) is 29.8 Å². The van der Waals surface area contributed by atoms with Crippen molar-refractivity contribution in [2.45, 2.75) is 43.8 Å². The molecule has 0 aliphatic carbocycles. The van der Waals surface area contributed by atoms with E-state index in [1.165, 1.54) is 0 Å². The molecule has 92 valence electrons. The maximum Gasteiger partial charge on any atom is 0.238 e. The van der Waals surface area contributed by atoms with Crippen LogP contribution in [-0.2, 0) is 14.6 Å². The molecule has 2 aliphatic heterocycles. The van der Waals surface area contributed by atoms with E-state index in [9.17, 15) is 13.2 Å². The zero-order chi connectivity index (χ0) is 11.9. The molecule has 1 amide bonds. The molecule has 16 heavy (non-hydrogen) atoms. The van der Waals surface area contributed by atoms with Crippen LogP contribution in [0.25, 0.3) is 0 Å². The lowest BCUT2D eigenvalue weighted by atomic mass is 9.98. The van der Waals surface area contributed by atoms with Crippen LogP contribution in [0.15, 0.2) is 0 Å². The number of fused-ring (bicyclic) bond motifs is 2. The third-order valence-electron chi connectivity index (χ3n) is 3.44. The van der Waals surface area contributed by atoms with Crippen molar-refractivity contribution in [2.24, 2.45) is 5.73 Å². The number of amides is 1. The Bertz CT molecular complexity index is 379. The zero-order valence-corrected chi connectivity index (χ0v) is 10.2. The molecule has 2 rings (SSSR count). The molecule has 0 radical (unpaired) electrons. The first-order valence-corrected chi connectivity index (χ1v) is 7.67. The van der Waals surface area contributed by atoms with Gasteiger partial charge in [0.2, 0.25) is 5.91 Å². The summed E-state index contributed by atoms with van der Waals surface area (Å²) in [5, 5.41) is 0. The van der Waals surface area contributed by atoms with Crippen molar-refractivity contribution in [2.75, 3.05) is 12.0 Å². The second-order valence-electron chi connectivity index (χ2n) is 4.99. The molecule has 0 aromatic carbocycles. The number of piperidine rings is 1. The number of nitrogens with two attached hydrogens (primary N) is 1. The summed E-state index contributed by atoms with van der Waals surface area (Å²) >= 11 is 0. The molecule has 2 aliphatic rings. The van der Waals surface area contributed by atoms with Crippen LogP contribution >= 0.6 is 0 Å². The number of nitrogens with zero attached hydrogens (tertiary/aromatic N) is 1. The second-order valence-corrected chi connectivity index (χ2v) is 7.13. The van der Waals surface area contributed by atoms with Gasteiger partial charge in [-0.25, -0.2) is 8.42 Å². The van der Waals surface area contributed by atoms with E-state index in [4.69, 9.17) is 5.73 Å². The lowest BCUT2D eigenvalue weighted by Gasteiger charge is -2.37. The van der Waals surface area contributed by atoms with E-state index in [0.717, 1.165) is 31.9 Å². The van der Waals surface area contributed by atoms with Crippen molar-refractivity contribution in [1.29, 1.82) is 0 Å². The Morgan fingerprint density at radius 1 is 1.31 bits per heavy atom. The predicted octanol–water partition coefficient (Wildman–Crippen LogP) is -0.488. The first-order valence-electron chi connectivity index (χ1n) is 5.61.